The fraction of sp³-hybridized carbons (Fsp3) is 0.864. The molecule has 2 aromatic heterocycles. The van der Waals surface area contributed by atoms with E-state index in [2.05, 4.69) is 21.3 Å². The molecule has 4 saturated heterocycles. The second kappa shape index (κ2) is 17.6. The van der Waals surface area contributed by atoms with E-state index in [0.717, 1.165) is 0 Å². The van der Waals surface area contributed by atoms with Gasteiger partial charge in [0.1, 0.15) is 6.61 Å². The number of hydrogen-bond acceptors (Lipinski definition) is 16. The van der Waals surface area contributed by atoms with Crippen LogP contribution >= 0.6 is 11.8 Å². The quantitative estimate of drug-likeness (QED) is 0.114. The van der Waals surface area contributed by atoms with Crippen LogP contribution in [0.2, 0.25) is 0 Å². The third-order valence-electron chi connectivity index (χ3n) is 13.5. The van der Waals surface area contributed by atoms with E-state index >= 15 is 0 Å². The Hall–Kier alpha value is -2.95. The first-order valence-corrected chi connectivity index (χ1v) is 23.9. The van der Waals surface area contributed by atoms with Gasteiger partial charge in [0.05, 0.1) is 0 Å². The van der Waals surface area contributed by atoms with Gasteiger partial charge in [-0.1, -0.05) is 11.8 Å². The Balaban J connectivity index is 1.21. The van der Waals surface area contributed by atoms with E-state index in [1.807, 2.05) is 111 Å². The Morgan fingerprint density at radius 2 is 0.656 bits per heavy atom. The lowest BCUT2D eigenvalue weighted by molar-refractivity contribution is -0.288. The second-order valence-electron chi connectivity index (χ2n) is 23.9. The van der Waals surface area contributed by atoms with Gasteiger partial charge in [-0.15, -0.1) is 41.1 Å². The summed E-state index contributed by atoms with van der Waals surface area (Å²) < 4.78 is 6.25. The SMILES string of the molecule is CC1(C)CC(Nc2nc(NC3CC(C)(C)N([O])C(C)(C)C3)nc(OCCSc3nc(NC4CC(C)(C)N([O])C(C)(C)C4)nc(NC4CC(C)(C)N([O])C(C)(C)C4)n3)n2)CC(C)(C)N1[O]. The van der Waals surface area contributed by atoms with Gasteiger partial charge < -0.3 is 26.0 Å². The van der Waals surface area contributed by atoms with Crippen molar-refractivity contribution in [2.45, 2.75) is 236 Å². The molecule has 4 radical (unpaired) electrons. The minimum absolute atomic E-state index is 0.0577. The molecule has 20 heteroatoms. The number of piperidine rings is 4. The average Bonchev–Trinajstić information content (AvgIpc) is 3.11. The minimum Gasteiger partial charge on any atom is -0.462 e. The van der Waals surface area contributed by atoms with Crippen molar-refractivity contribution in [2.24, 2.45) is 0 Å². The molecular formula is C44H76N14O5S. The lowest BCUT2D eigenvalue weighted by Crippen LogP contribution is -2.61. The molecule has 0 amide bonds. The molecule has 0 saturated carbocycles. The normalized spacial score (nSPS) is 26.3. The van der Waals surface area contributed by atoms with E-state index in [9.17, 15) is 20.8 Å². The van der Waals surface area contributed by atoms with Crippen molar-refractivity contribution in [1.82, 2.24) is 50.2 Å². The molecule has 64 heavy (non-hydrogen) atoms. The smallest absolute Gasteiger partial charge is 0.323 e. The summed E-state index contributed by atoms with van der Waals surface area (Å²) in [6, 6.07) is -0.152. The number of ether oxygens (including phenoxy) is 1. The summed E-state index contributed by atoms with van der Waals surface area (Å²) in [5.41, 5.74) is -4.75. The first kappa shape index (κ1) is 50.5. The number of hydrogen-bond donors (Lipinski definition) is 4. The number of nitrogens with one attached hydrogen (secondary N) is 4. The maximum absolute atomic E-state index is 13.2. The second-order valence-corrected chi connectivity index (χ2v) is 25.0. The van der Waals surface area contributed by atoms with Gasteiger partial charge in [0, 0.05) is 74.2 Å². The average molecular weight is 913 g/mol. The molecule has 4 aliphatic heterocycles. The number of aromatic nitrogens is 6. The molecule has 0 atom stereocenters. The number of anilines is 4. The highest BCUT2D eigenvalue weighted by Crippen LogP contribution is 2.42. The van der Waals surface area contributed by atoms with Crippen LogP contribution in [0.25, 0.3) is 0 Å². The topological polar surface area (TPSA) is 227 Å². The van der Waals surface area contributed by atoms with Gasteiger partial charge in [0.15, 0.2) is 5.16 Å². The molecule has 0 aliphatic carbocycles. The summed E-state index contributed by atoms with van der Waals surface area (Å²) in [6.45, 7) is 31.6. The Labute approximate surface area is 385 Å². The van der Waals surface area contributed by atoms with Gasteiger partial charge in [0.25, 0.3) is 0 Å². The zero-order valence-electron chi connectivity index (χ0n) is 41.3. The predicted octanol–water partition coefficient (Wildman–Crippen LogP) is 7.34. The Kier molecular flexibility index (Phi) is 13.9. The van der Waals surface area contributed by atoms with Crippen molar-refractivity contribution in [3.63, 3.8) is 0 Å². The molecule has 0 spiro atoms. The van der Waals surface area contributed by atoms with E-state index in [-0.39, 0.29) is 36.8 Å². The Morgan fingerprint density at radius 1 is 0.422 bits per heavy atom. The number of thioether (sulfide) groups is 1. The lowest BCUT2D eigenvalue weighted by Gasteiger charge is -2.50. The first-order chi connectivity index (χ1) is 29.2. The van der Waals surface area contributed by atoms with Crippen molar-refractivity contribution < 1.29 is 25.6 Å². The highest BCUT2D eigenvalue weighted by Gasteiger charge is 2.50. The molecule has 4 N–H and O–H groups in total. The molecule has 358 valence electrons. The minimum atomic E-state index is -0.600. The maximum Gasteiger partial charge on any atom is 0.323 e. The molecule has 4 fully saturated rings. The van der Waals surface area contributed by atoms with E-state index in [1.165, 1.54) is 32.0 Å². The van der Waals surface area contributed by atoms with Crippen molar-refractivity contribution in [3.05, 3.63) is 0 Å². The van der Waals surface area contributed by atoms with Crippen LogP contribution < -0.4 is 26.0 Å². The predicted molar refractivity (Wildman–Crippen MR) is 245 cm³/mol. The van der Waals surface area contributed by atoms with Crippen molar-refractivity contribution >= 4 is 35.6 Å². The molecule has 4 aliphatic rings. The monoisotopic (exact) mass is 913 g/mol. The summed E-state index contributed by atoms with van der Waals surface area (Å²) >= 11 is 1.40. The van der Waals surface area contributed by atoms with Gasteiger partial charge in [-0.25, -0.2) is 0 Å². The maximum atomic E-state index is 13.2. The van der Waals surface area contributed by atoms with E-state index < -0.39 is 44.3 Å². The fourth-order valence-corrected chi connectivity index (χ4v) is 12.2. The van der Waals surface area contributed by atoms with Gasteiger partial charge in [-0.2, -0.15) is 29.9 Å². The van der Waals surface area contributed by atoms with Crippen LogP contribution in [-0.2, 0) is 20.8 Å². The van der Waals surface area contributed by atoms with Crippen molar-refractivity contribution in [1.29, 1.82) is 0 Å². The van der Waals surface area contributed by atoms with E-state index in [1.54, 1.807) is 0 Å². The van der Waals surface area contributed by atoms with E-state index in [4.69, 9.17) is 34.6 Å². The summed E-state index contributed by atoms with van der Waals surface area (Å²) in [4.78, 5) is 28.7. The van der Waals surface area contributed by atoms with Crippen LogP contribution in [-0.4, -0.2) is 131 Å². The van der Waals surface area contributed by atoms with Gasteiger partial charge in [-0.05, 0) is 162 Å². The Bertz CT molecular complexity index is 1630. The van der Waals surface area contributed by atoms with Crippen LogP contribution in [0.4, 0.5) is 23.8 Å². The number of rotatable bonds is 13. The van der Waals surface area contributed by atoms with Gasteiger partial charge >= 0.3 is 6.01 Å². The van der Waals surface area contributed by atoms with Crippen LogP contribution in [0.15, 0.2) is 5.16 Å². The summed E-state index contributed by atoms with van der Waals surface area (Å²) in [5.74, 6) is 1.93. The number of hydroxylamine groups is 8. The van der Waals surface area contributed by atoms with Crippen molar-refractivity contribution in [3.8, 4) is 6.01 Å². The van der Waals surface area contributed by atoms with Gasteiger partial charge in [-0.3, -0.25) is 0 Å². The standard InChI is InChI=1S/C44H76N14O5S/c1-37(2)19-27(20-38(3,4)55(37)59)45-31-49-32(46-28-21-39(5,6)56(60)40(7,8)22-28)52-35(51-31)63-17-18-64-36-53-33(47-29-23-41(9,10)57(61)42(11,12)24-29)50-34(54-36)48-30-25-43(13,14)58(62)44(15,16)26-30/h27-30H,17-26H2,1-16H3,(H2,45,46,49,51,52)(H2,47,48,50,53,54). The fourth-order valence-electron chi connectivity index (χ4n) is 11.6. The van der Waals surface area contributed by atoms with Gasteiger partial charge in [0.2, 0.25) is 23.8 Å². The lowest BCUT2D eigenvalue weighted by atomic mass is 9.79. The molecule has 19 nitrogen and oxygen atoms in total. The third-order valence-corrected chi connectivity index (χ3v) is 14.3. The molecule has 0 aromatic carbocycles. The zero-order valence-corrected chi connectivity index (χ0v) is 42.1. The number of nitrogens with zero attached hydrogens (tertiary/aromatic N) is 10. The first-order valence-electron chi connectivity index (χ1n) is 22.9. The summed E-state index contributed by atoms with van der Waals surface area (Å²) in [5, 5.41) is 72.0. The third kappa shape index (κ3) is 11.4. The Morgan fingerprint density at radius 3 is 0.906 bits per heavy atom. The zero-order chi connectivity index (χ0) is 47.6. The summed E-state index contributed by atoms with van der Waals surface area (Å²) in [6.07, 6.45) is 4.78. The van der Waals surface area contributed by atoms with Crippen molar-refractivity contribution in [2.75, 3.05) is 33.6 Å². The molecule has 0 bridgehead atoms. The molecule has 6 rings (SSSR count). The molecule has 2 aromatic rings. The van der Waals surface area contributed by atoms with Crippen LogP contribution in [0.1, 0.15) is 162 Å². The molecule has 6 heterocycles. The van der Waals surface area contributed by atoms with Crippen LogP contribution in [0.3, 0.4) is 0 Å². The highest BCUT2D eigenvalue weighted by atomic mass is 32.2. The molecule has 0 unspecified atom stereocenters. The van der Waals surface area contributed by atoms with Crippen LogP contribution in [0.5, 0.6) is 6.01 Å². The summed E-state index contributed by atoms with van der Waals surface area (Å²) in [7, 11) is 0. The highest BCUT2D eigenvalue weighted by molar-refractivity contribution is 7.99. The van der Waals surface area contributed by atoms with E-state index in [0.29, 0.717) is 86.1 Å². The van der Waals surface area contributed by atoms with Crippen LogP contribution in [0, 0.1) is 0 Å². The molecular weight excluding hydrogens is 837 g/mol. The largest absolute Gasteiger partial charge is 0.462 e.